The normalized spacial score (nSPS) is 12.5. The molecule has 17 aromatic rings. The molecule has 0 amide bonds. The van der Waals surface area contributed by atoms with Gasteiger partial charge in [-0.15, -0.1) is 0 Å². The minimum absolute atomic E-state index is 0.424. The zero-order valence-corrected chi connectivity index (χ0v) is 55.2. The van der Waals surface area contributed by atoms with Crippen molar-refractivity contribution in [2.45, 2.75) is 26.2 Å². The molecule has 0 saturated carbocycles. The fourth-order valence-electron chi connectivity index (χ4n) is 16.3. The van der Waals surface area contributed by atoms with Gasteiger partial charge < -0.3 is 14.0 Å². The minimum Gasteiger partial charge on any atom is -0.310 e. The van der Waals surface area contributed by atoms with Gasteiger partial charge in [-0.05, 0) is 115 Å². The molecule has 0 fully saturated rings. The monoisotopic (exact) mass is 1260 g/mol. The molecule has 14 aromatic carbocycles. The van der Waals surface area contributed by atoms with E-state index in [2.05, 4.69) is 385 Å². The zero-order valence-electron chi connectivity index (χ0n) is 55.2. The molecule has 6 heteroatoms. The zero-order chi connectivity index (χ0) is 65.9. The van der Waals surface area contributed by atoms with E-state index in [1.165, 1.54) is 32.5 Å². The third kappa shape index (κ3) is 9.28. The summed E-state index contributed by atoms with van der Waals surface area (Å²) in [6.45, 7) is 6.57. The van der Waals surface area contributed by atoms with Crippen LogP contribution in [0.4, 0.5) is 34.3 Å². The predicted molar refractivity (Wildman–Crippen MR) is 418 cm³/mol. The Morgan fingerprint density at radius 1 is 0.263 bits per heavy atom. The molecule has 2 aliphatic rings. The Labute approximate surface area is 577 Å². The highest BCUT2D eigenvalue weighted by atomic mass is 15.2. The van der Waals surface area contributed by atoms with Gasteiger partial charge in [0.05, 0.1) is 39.1 Å². The number of para-hydroxylation sites is 6. The highest BCUT2D eigenvalue weighted by Gasteiger charge is 2.49. The van der Waals surface area contributed by atoms with E-state index in [-0.39, 0.29) is 0 Å². The summed E-state index contributed by atoms with van der Waals surface area (Å²) in [6, 6.07) is 129. The lowest BCUT2D eigenvalue weighted by Crippen LogP contribution is -2.63. The van der Waals surface area contributed by atoms with Gasteiger partial charge in [0.25, 0.3) is 6.71 Å². The second kappa shape index (κ2) is 23.1. The molecule has 19 rings (SSSR count). The first-order valence-electron chi connectivity index (χ1n) is 34.4. The molecule has 2 aliphatic heterocycles. The number of nitrogens with zero attached hydrogens (tertiary/aromatic N) is 5. The first kappa shape index (κ1) is 57.9. The molecule has 0 aliphatic carbocycles. The number of hydrogen-bond acceptors (Lipinski definition) is 3. The van der Waals surface area contributed by atoms with Crippen LogP contribution in [0.15, 0.2) is 346 Å². The first-order chi connectivity index (χ1) is 48.8. The summed E-state index contributed by atoms with van der Waals surface area (Å²) in [5.74, 6) is 0.883. The van der Waals surface area contributed by atoms with Crippen molar-refractivity contribution < 1.29 is 0 Å². The van der Waals surface area contributed by atoms with Crippen LogP contribution in [0.1, 0.15) is 26.5 Å². The Bertz CT molecular complexity index is 5430. The number of fused-ring (bicyclic) bond motifs is 10. The van der Waals surface area contributed by atoms with Gasteiger partial charge in [-0.3, -0.25) is 4.90 Å². The summed E-state index contributed by atoms with van der Waals surface area (Å²) in [7, 11) is 0. The third-order valence-corrected chi connectivity index (χ3v) is 20.6. The summed E-state index contributed by atoms with van der Waals surface area (Å²) in [5.41, 5.74) is 29.4. The quantitative estimate of drug-likeness (QED) is 0.128. The van der Waals surface area contributed by atoms with E-state index in [1.54, 1.807) is 0 Å². The SMILES string of the molecule is CC(C)(C)c1cc2c3c(n1)N(c1c(-c4ccccc4)cccc1-c1ccccc1)c1cc(-n4c5ccccc5c5ccccc54)cc(-c4ccccc4)c1B3c1c(-c3ccccc3)cc(-n3c4ccccc4c4ccccc43)cc1N2c1c(-c2ccccc2)cccc1-c1ccccc1. The highest BCUT2D eigenvalue weighted by Crippen LogP contribution is 2.55. The van der Waals surface area contributed by atoms with Gasteiger partial charge >= 0.3 is 0 Å². The summed E-state index contributed by atoms with van der Waals surface area (Å²) >= 11 is 0. The summed E-state index contributed by atoms with van der Waals surface area (Å²) in [4.78, 5) is 11.7. The summed E-state index contributed by atoms with van der Waals surface area (Å²) in [6.07, 6.45) is 0. The van der Waals surface area contributed by atoms with Crippen molar-refractivity contribution in [3.63, 3.8) is 0 Å². The fourth-order valence-corrected chi connectivity index (χ4v) is 16.3. The standard InChI is InChI=1S/C93H66BN5/c1-93(2,3)86-60-85-89-92(95-86)99(91-71(63-36-14-6-15-37-63)50-31-51-72(91)64-38-16-7-17-39-64)84-59-68(97-81-54-28-24-46-75(81)76-47-25-29-55-82(76)97)57-78(66-42-20-9-21-43-66)88(84)94(89)87-77(65-40-18-8-19-41-65)56-67(96-79-52-26-22-44-73(79)74-45-23-27-53-80(74)96)58-83(87)98(85)90-69(61-32-10-4-11-33-61)48-30-49-70(90)62-34-12-5-13-35-62/h4-60H,1-3H3. The molecule has 0 bridgehead atoms. The lowest BCUT2D eigenvalue weighted by Gasteiger charge is -2.47. The van der Waals surface area contributed by atoms with Crippen LogP contribution in [-0.4, -0.2) is 20.8 Å². The Hall–Kier alpha value is -12.5. The van der Waals surface area contributed by atoms with Crippen molar-refractivity contribution in [1.29, 1.82) is 0 Å². The van der Waals surface area contributed by atoms with E-state index in [0.29, 0.717) is 0 Å². The van der Waals surface area contributed by atoms with Crippen LogP contribution in [0.2, 0.25) is 0 Å². The lowest BCUT2D eigenvalue weighted by molar-refractivity contribution is 0.569. The van der Waals surface area contributed by atoms with E-state index < -0.39 is 12.1 Å². The van der Waals surface area contributed by atoms with Crippen molar-refractivity contribution >= 4 is 101 Å². The van der Waals surface area contributed by atoms with E-state index in [0.717, 1.165) is 146 Å². The average Bonchev–Trinajstić information content (AvgIpc) is 1.06. The number of rotatable bonds is 10. The number of aromatic nitrogens is 3. The van der Waals surface area contributed by atoms with Crippen molar-refractivity contribution in [3.05, 3.63) is 351 Å². The van der Waals surface area contributed by atoms with Crippen LogP contribution in [0.5, 0.6) is 0 Å². The Kier molecular flexibility index (Phi) is 13.5. The van der Waals surface area contributed by atoms with Crippen LogP contribution < -0.4 is 26.2 Å². The second-order valence-corrected chi connectivity index (χ2v) is 27.3. The van der Waals surface area contributed by atoms with Crippen molar-refractivity contribution in [1.82, 2.24) is 14.1 Å². The molecule has 0 spiro atoms. The molecule has 0 saturated heterocycles. The molecule has 0 radical (unpaired) electrons. The van der Waals surface area contributed by atoms with Crippen LogP contribution in [-0.2, 0) is 5.41 Å². The molecule has 5 nitrogen and oxygen atoms in total. The summed E-state index contributed by atoms with van der Waals surface area (Å²) < 4.78 is 5.02. The van der Waals surface area contributed by atoms with Crippen molar-refractivity contribution in [2.24, 2.45) is 0 Å². The van der Waals surface area contributed by atoms with Gasteiger partial charge in [-0.25, -0.2) is 4.98 Å². The van der Waals surface area contributed by atoms with E-state index in [1.807, 2.05) is 0 Å². The maximum atomic E-state index is 6.38. The number of anilines is 6. The molecule has 3 aromatic heterocycles. The smallest absolute Gasteiger partial charge is 0.255 e. The highest BCUT2D eigenvalue weighted by molar-refractivity contribution is 7.02. The van der Waals surface area contributed by atoms with Gasteiger partial charge in [0, 0.05) is 77.7 Å². The number of hydrogen-bond donors (Lipinski definition) is 0. The predicted octanol–water partition coefficient (Wildman–Crippen LogP) is 22.7. The molecule has 0 atom stereocenters. The lowest BCUT2D eigenvalue weighted by atomic mass is 9.32. The van der Waals surface area contributed by atoms with Gasteiger partial charge in [-0.1, -0.05) is 312 Å². The number of pyridine rings is 1. The van der Waals surface area contributed by atoms with Gasteiger partial charge in [0.1, 0.15) is 5.82 Å². The molecule has 466 valence electrons. The molecule has 99 heavy (non-hydrogen) atoms. The molecular formula is C93H66BN5. The summed E-state index contributed by atoms with van der Waals surface area (Å²) in [5, 5.41) is 4.82. The number of benzene rings is 14. The van der Waals surface area contributed by atoms with Crippen LogP contribution in [0.25, 0.3) is 122 Å². The van der Waals surface area contributed by atoms with Gasteiger partial charge in [0.2, 0.25) is 0 Å². The molecule has 0 unspecified atom stereocenters. The maximum Gasteiger partial charge on any atom is 0.255 e. The van der Waals surface area contributed by atoms with Crippen molar-refractivity contribution in [2.75, 3.05) is 9.80 Å². The van der Waals surface area contributed by atoms with Crippen LogP contribution in [0, 0.1) is 0 Å². The Balaban J connectivity index is 1.06. The van der Waals surface area contributed by atoms with Gasteiger partial charge in [0.15, 0.2) is 0 Å². The maximum absolute atomic E-state index is 6.38. The molecular weight excluding hydrogens is 1200 g/mol. The largest absolute Gasteiger partial charge is 0.310 e. The van der Waals surface area contributed by atoms with Crippen LogP contribution >= 0.6 is 0 Å². The Morgan fingerprint density at radius 3 is 0.879 bits per heavy atom. The average molecular weight is 1260 g/mol. The van der Waals surface area contributed by atoms with Gasteiger partial charge in [-0.2, -0.15) is 0 Å². The van der Waals surface area contributed by atoms with E-state index in [4.69, 9.17) is 4.98 Å². The molecule has 5 heterocycles. The van der Waals surface area contributed by atoms with E-state index in [9.17, 15) is 0 Å². The third-order valence-electron chi connectivity index (χ3n) is 20.6. The topological polar surface area (TPSA) is 29.2 Å². The fraction of sp³-hybridized carbons (Fsp3) is 0.0430. The minimum atomic E-state index is -0.457. The first-order valence-corrected chi connectivity index (χ1v) is 34.4. The second-order valence-electron chi connectivity index (χ2n) is 27.3. The molecule has 0 N–H and O–H groups in total. The van der Waals surface area contributed by atoms with E-state index >= 15 is 0 Å². The van der Waals surface area contributed by atoms with Crippen molar-refractivity contribution in [3.8, 4) is 78.1 Å². The van der Waals surface area contributed by atoms with Crippen LogP contribution in [0.3, 0.4) is 0 Å². The Morgan fingerprint density at radius 2 is 0.545 bits per heavy atom.